The lowest BCUT2D eigenvalue weighted by Gasteiger charge is -2.30. The molecule has 2 aromatic carbocycles. The smallest absolute Gasteiger partial charge is 0.234 e. The maximum absolute atomic E-state index is 14.3. The minimum atomic E-state index is -0.665. The number of carbonyl (C=O) groups excluding carboxylic acids is 1. The summed E-state index contributed by atoms with van der Waals surface area (Å²) in [6.45, 7) is 1.18. The highest BCUT2D eigenvalue weighted by atomic mass is 35.5. The molecular formula is C22H21ClF2N6O. The molecule has 0 fully saturated rings. The lowest BCUT2D eigenvalue weighted by Crippen LogP contribution is -2.35. The van der Waals surface area contributed by atoms with Crippen LogP contribution in [0.2, 0.25) is 5.02 Å². The highest BCUT2D eigenvalue weighted by Crippen LogP contribution is 2.32. The van der Waals surface area contributed by atoms with Gasteiger partial charge in [-0.25, -0.2) is 24.6 Å². The zero-order valence-electron chi connectivity index (χ0n) is 17.0. The van der Waals surface area contributed by atoms with Gasteiger partial charge in [0.2, 0.25) is 5.91 Å². The summed E-state index contributed by atoms with van der Waals surface area (Å²) >= 11 is 6.02. The number of amides is 1. The van der Waals surface area contributed by atoms with Crippen molar-refractivity contribution in [1.82, 2.24) is 15.4 Å². The summed E-state index contributed by atoms with van der Waals surface area (Å²) in [6.07, 6.45) is 2.52. The molecule has 3 aromatic rings. The summed E-state index contributed by atoms with van der Waals surface area (Å²) in [7, 11) is 0. The second-order valence-corrected chi connectivity index (χ2v) is 7.74. The van der Waals surface area contributed by atoms with Gasteiger partial charge < -0.3 is 10.2 Å². The number of hydrogen-bond acceptors (Lipinski definition) is 6. The van der Waals surface area contributed by atoms with E-state index in [9.17, 15) is 13.6 Å². The third kappa shape index (κ3) is 4.63. The number of hydrazine groups is 1. The fourth-order valence-corrected chi connectivity index (χ4v) is 3.72. The monoisotopic (exact) mass is 458 g/mol. The maximum atomic E-state index is 14.3. The van der Waals surface area contributed by atoms with Gasteiger partial charge in [0.25, 0.3) is 0 Å². The Bertz CT molecular complexity index is 1140. The number of benzene rings is 2. The quantitative estimate of drug-likeness (QED) is 0.227. The van der Waals surface area contributed by atoms with Gasteiger partial charge >= 0.3 is 0 Å². The van der Waals surface area contributed by atoms with Gasteiger partial charge in [-0.05, 0) is 24.1 Å². The van der Waals surface area contributed by atoms with Crippen LogP contribution in [0.1, 0.15) is 17.5 Å². The number of aromatic nitrogens is 2. The molecule has 4 N–H and O–H groups in total. The molecule has 0 radical (unpaired) electrons. The van der Waals surface area contributed by atoms with Crippen molar-refractivity contribution in [3.8, 4) is 11.3 Å². The minimum absolute atomic E-state index is 0.0668. The molecular weight excluding hydrogens is 438 g/mol. The highest BCUT2D eigenvalue weighted by Gasteiger charge is 2.23. The molecule has 0 saturated carbocycles. The molecule has 1 aliphatic rings. The van der Waals surface area contributed by atoms with Crippen molar-refractivity contribution in [2.45, 2.75) is 19.4 Å². The standard InChI is InChI=1S/C22H21ClF2N6O/c23-20-15(16(24)6-7-17(20)25)12-31-10-9-27-21-22(31)29-18(11-28-21)14-4-1-13(2-5-14)3-8-19(32)30-26/h1-2,4-7,11H,3,8-10,12,26H2,(H,27,28)(H,30,32). The molecule has 2 heterocycles. The summed E-state index contributed by atoms with van der Waals surface area (Å²) in [5.41, 5.74) is 4.66. The Morgan fingerprint density at radius 3 is 2.69 bits per heavy atom. The van der Waals surface area contributed by atoms with Gasteiger partial charge in [0.15, 0.2) is 11.6 Å². The molecule has 0 saturated heterocycles. The molecule has 0 unspecified atom stereocenters. The summed E-state index contributed by atoms with van der Waals surface area (Å²) < 4.78 is 28.2. The molecule has 0 spiro atoms. The largest absolute Gasteiger partial charge is 0.365 e. The van der Waals surface area contributed by atoms with E-state index < -0.39 is 11.6 Å². The van der Waals surface area contributed by atoms with Gasteiger partial charge in [0, 0.05) is 37.2 Å². The maximum Gasteiger partial charge on any atom is 0.234 e. The first kappa shape index (κ1) is 21.9. The fourth-order valence-electron chi connectivity index (χ4n) is 3.51. The van der Waals surface area contributed by atoms with Crippen LogP contribution in [0.25, 0.3) is 11.3 Å². The van der Waals surface area contributed by atoms with Gasteiger partial charge in [0.05, 0.1) is 16.9 Å². The third-order valence-corrected chi connectivity index (χ3v) is 5.68. The van der Waals surface area contributed by atoms with Gasteiger partial charge in [-0.3, -0.25) is 10.2 Å². The molecule has 7 nitrogen and oxygen atoms in total. The normalized spacial score (nSPS) is 12.8. The van der Waals surface area contributed by atoms with Crippen LogP contribution in [0.4, 0.5) is 20.4 Å². The average molecular weight is 459 g/mol. The van der Waals surface area contributed by atoms with Gasteiger partial charge in [-0.1, -0.05) is 35.9 Å². The van der Waals surface area contributed by atoms with Crippen LogP contribution in [-0.4, -0.2) is 29.0 Å². The number of nitrogens with two attached hydrogens (primary N) is 1. The lowest BCUT2D eigenvalue weighted by molar-refractivity contribution is -0.121. The fraction of sp³-hybridized carbons (Fsp3) is 0.227. The van der Waals surface area contributed by atoms with Crippen molar-refractivity contribution in [3.63, 3.8) is 0 Å². The van der Waals surface area contributed by atoms with Crippen LogP contribution >= 0.6 is 11.6 Å². The van der Waals surface area contributed by atoms with Crippen LogP contribution < -0.4 is 21.5 Å². The van der Waals surface area contributed by atoms with E-state index in [1.165, 1.54) is 0 Å². The van der Waals surface area contributed by atoms with Crippen molar-refractivity contribution in [1.29, 1.82) is 0 Å². The lowest BCUT2D eigenvalue weighted by atomic mass is 10.1. The SMILES string of the molecule is NNC(=O)CCc1ccc(-c2cnc3c(n2)N(Cc2c(F)ccc(F)c2Cl)CCN3)cc1. The first-order valence-corrected chi connectivity index (χ1v) is 10.4. The predicted octanol–water partition coefficient (Wildman–Crippen LogP) is 3.43. The van der Waals surface area contributed by atoms with E-state index in [1.807, 2.05) is 29.2 Å². The average Bonchev–Trinajstić information content (AvgIpc) is 2.82. The number of rotatable bonds is 6. The first-order valence-electron chi connectivity index (χ1n) is 10.0. The molecule has 10 heteroatoms. The highest BCUT2D eigenvalue weighted by molar-refractivity contribution is 6.31. The molecule has 1 aliphatic heterocycles. The zero-order valence-corrected chi connectivity index (χ0v) is 17.8. The molecule has 0 bridgehead atoms. The van der Waals surface area contributed by atoms with E-state index >= 15 is 0 Å². The van der Waals surface area contributed by atoms with Crippen LogP contribution in [0.15, 0.2) is 42.6 Å². The summed E-state index contributed by atoms with van der Waals surface area (Å²) in [4.78, 5) is 22.3. The van der Waals surface area contributed by atoms with Crippen molar-refractivity contribution in [2.24, 2.45) is 5.84 Å². The Morgan fingerprint density at radius 2 is 1.94 bits per heavy atom. The number of hydrogen-bond donors (Lipinski definition) is 3. The molecule has 0 aliphatic carbocycles. The molecule has 0 atom stereocenters. The molecule has 4 rings (SSSR count). The zero-order chi connectivity index (χ0) is 22.7. The van der Waals surface area contributed by atoms with Crippen molar-refractivity contribution in [3.05, 3.63) is 70.4 Å². The Labute approximate surface area is 188 Å². The summed E-state index contributed by atoms with van der Waals surface area (Å²) in [6, 6.07) is 9.71. The molecule has 1 amide bonds. The molecule has 166 valence electrons. The van der Waals surface area contributed by atoms with Crippen LogP contribution in [0.3, 0.4) is 0 Å². The van der Waals surface area contributed by atoms with Crippen LogP contribution in [0.5, 0.6) is 0 Å². The Kier molecular flexibility index (Phi) is 6.48. The van der Waals surface area contributed by atoms with E-state index in [-0.39, 0.29) is 23.0 Å². The van der Waals surface area contributed by atoms with E-state index in [0.717, 1.165) is 23.3 Å². The number of nitrogens with one attached hydrogen (secondary N) is 2. The summed E-state index contributed by atoms with van der Waals surface area (Å²) in [5.74, 6) is 4.75. The number of aryl methyl sites for hydroxylation is 1. The van der Waals surface area contributed by atoms with E-state index in [2.05, 4.69) is 15.7 Å². The first-order chi connectivity index (χ1) is 15.5. The number of fused-ring (bicyclic) bond motifs is 1. The van der Waals surface area contributed by atoms with E-state index in [4.69, 9.17) is 22.4 Å². The minimum Gasteiger partial charge on any atom is -0.365 e. The van der Waals surface area contributed by atoms with Crippen LogP contribution in [-0.2, 0) is 17.8 Å². The summed E-state index contributed by atoms with van der Waals surface area (Å²) in [5, 5.41) is 2.95. The van der Waals surface area contributed by atoms with Crippen molar-refractivity contribution in [2.75, 3.05) is 23.3 Å². The van der Waals surface area contributed by atoms with Gasteiger partial charge in [0.1, 0.15) is 11.6 Å². The molecule has 32 heavy (non-hydrogen) atoms. The van der Waals surface area contributed by atoms with Crippen molar-refractivity contribution >= 4 is 29.1 Å². The van der Waals surface area contributed by atoms with Crippen molar-refractivity contribution < 1.29 is 13.6 Å². The number of anilines is 2. The second kappa shape index (κ2) is 9.46. The van der Waals surface area contributed by atoms with E-state index in [0.29, 0.717) is 43.3 Å². The Hall–Kier alpha value is -3.30. The predicted molar refractivity (Wildman–Crippen MR) is 119 cm³/mol. The molecule has 1 aromatic heterocycles. The Balaban J connectivity index is 1.58. The topological polar surface area (TPSA) is 96.2 Å². The Morgan fingerprint density at radius 1 is 1.19 bits per heavy atom. The number of nitrogens with zero attached hydrogens (tertiary/aromatic N) is 3. The third-order valence-electron chi connectivity index (χ3n) is 5.27. The van der Waals surface area contributed by atoms with Crippen LogP contribution in [0, 0.1) is 11.6 Å². The van der Waals surface area contributed by atoms with E-state index in [1.54, 1.807) is 6.20 Å². The van der Waals surface area contributed by atoms with Gasteiger partial charge in [-0.2, -0.15) is 0 Å². The number of carbonyl (C=O) groups is 1. The van der Waals surface area contributed by atoms with Gasteiger partial charge in [-0.15, -0.1) is 0 Å². The second-order valence-electron chi connectivity index (χ2n) is 7.36. The number of halogens is 3.